The molecule has 184 valence electrons. The van der Waals surface area contributed by atoms with Gasteiger partial charge in [0.15, 0.2) is 0 Å². The summed E-state index contributed by atoms with van der Waals surface area (Å²) in [7, 11) is 1.55. The van der Waals surface area contributed by atoms with E-state index in [1.165, 1.54) is 12.1 Å². The van der Waals surface area contributed by atoms with E-state index >= 15 is 0 Å². The summed E-state index contributed by atoms with van der Waals surface area (Å²) in [5.74, 6) is -0.172. The summed E-state index contributed by atoms with van der Waals surface area (Å²) >= 11 is 1.57. The van der Waals surface area contributed by atoms with Crippen molar-refractivity contribution < 1.29 is 23.5 Å². The largest absolute Gasteiger partial charge is 0.497 e. The van der Waals surface area contributed by atoms with E-state index < -0.39 is 0 Å². The van der Waals surface area contributed by atoms with Crippen molar-refractivity contribution >= 4 is 23.2 Å². The lowest BCUT2D eigenvalue weighted by atomic mass is 10.1. The number of hydrogen-bond acceptors (Lipinski definition) is 5. The van der Waals surface area contributed by atoms with E-state index in [-0.39, 0.29) is 30.3 Å². The Morgan fingerprint density at radius 2 is 1.91 bits per heavy atom. The molecule has 6 nitrogen and oxygen atoms in total. The normalized spacial score (nSPS) is 15.1. The van der Waals surface area contributed by atoms with Crippen molar-refractivity contribution in [2.24, 2.45) is 0 Å². The Hall–Kier alpha value is -3.23. The van der Waals surface area contributed by atoms with Crippen LogP contribution in [0.4, 0.5) is 4.39 Å². The first-order valence-corrected chi connectivity index (χ1v) is 12.5. The fourth-order valence-corrected chi connectivity index (χ4v) is 4.81. The van der Waals surface area contributed by atoms with Gasteiger partial charge in [0.25, 0.3) is 5.91 Å². The highest BCUT2D eigenvalue weighted by atomic mass is 32.1. The summed E-state index contributed by atoms with van der Waals surface area (Å²) in [4.78, 5) is 31.4. The molecule has 4 rings (SSSR count). The van der Waals surface area contributed by atoms with E-state index in [1.807, 2.05) is 17.5 Å². The fraction of sp³-hybridized carbons (Fsp3) is 0.333. The molecule has 0 saturated carbocycles. The molecule has 2 amide bonds. The second kappa shape index (κ2) is 12.0. The van der Waals surface area contributed by atoms with Crippen LogP contribution < -0.4 is 4.74 Å². The molecule has 1 aliphatic heterocycles. The molecule has 1 saturated heterocycles. The number of carbonyl (C=O) groups is 2. The van der Waals surface area contributed by atoms with Gasteiger partial charge in [-0.3, -0.25) is 9.59 Å². The topological polar surface area (TPSA) is 59.1 Å². The lowest BCUT2D eigenvalue weighted by molar-refractivity contribution is -0.133. The van der Waals surface area contributed by atoms with Crippen molar-refractivity contribution in [3.05, 3.63) is 87.9 Å². The molecule has 0 radical (unpaired) electrons. The van der Waals surface area contributed by atoms with Crippen LogP contribution >= 0.6 is 11.3 Å². The van der Waals surface area contributed by atoms with Crippen LogP contribution in [0, 0.1) is 5.82 Å². The van der Waals surface area contributed by atoms with E-state index in [0.717, 1.165) is 23.3 Å². The van der Waals surface area contributed by atoms with Crippen LogP contribution in [0.2, 0.25) is 0 Å². The Kier molecular flexibility index (Phi) is 8.50. The predicted octanol–water partition coefficient (Wildman–Crippen LogP) is 4.75. The SMILES string of the molecule is COc1cccc(C(=O)N(CC(=O)N(Cc2ccc(F)cc2)Cc2cccs2)C[C@@H]2CCCO2)c1. The van der Waals surface area contributed by atoms with Gasteiger partial charge in [-0.05, 0) is 60.2 Å². The Morgan fingerprint density at radius 3 is 2.60 bits per heavy atom. The van der Waals surface area contributed by atoms with Gasteiger partial charge in [-0.15, -0.1) is 11.3 Å². The molecule has 0 N–H and O–H groups in total. The molecule has 35 heavy (non-hydrogen) atoms. The highest BCUT2D eigenvalue weighted by molar-refractivity contribution is 7.09. The van der Waals surface area contributed by atoms with Crippen molar-refractivity contribution in [3.8, 4) is 5.75 Å². The van der Waals surface area contributed by atoms with Gasteiger partial charge in [0.05, 0.1) is 19.8 Å². The molecule has 1 atom stereocenters. The fourth-order valence-electron chi connectivity index (χ4n) is 4.09. The van der Waals surface area contributed by atoms with Gasteiger partial charge in [-0.1, -0.05) is 24.3 Å². The van der Waals surface area contributed by atoms with Crippen LogP contribution in [0.15, 0.2) is 66.0 Å². The molecule has 1 aliphatic rings. The lowest BCUT2D eigenvalue weighted by Gasteiger charge is -2.29. The van der Waals surface area contributed by atoms with Crippen LogP contribution in [0.25, 0.3) is 0 Å². The smallest absolute Gasteiger partial charge is 0.254 e. The van der Waals surface area contributed by atoms with E-state index in [4.69, 9.17) is 9.47 Å². The van der Waals surface area contributed by atoms with Gasteiger partial charge in [-0.2, -0.15) is 0 Å². The second-order valence-corrected chi connectivity index (χ2v) is 9.54. The van der Waals surface area contributed by atoms with E-state index in [1.54, 1.807) is 64.6 Å². The van der Waals surface area contributed by atoms with Crippen LogP contribution in [0.3, 0.4) is 0 Å². The third kappa shape index (κ3) is 6.90. The van der Waals surface area contributed by atoms with Gasteiger partial charge in [0.1, 0.15) is 18.1 Å². The Bertz CT molecular complexity index is 1110. The molecule has 0 unspecified atom stereocenters. The van der Waals surface area contributed by atoms with Gasteiger partial charge >= 0.3 is 0 Å². The molecule has 0 aliphatic carbocycles. The molecular formula is C27H29FN2O4S. The standard InChI is InChI=1S/C27H29FN2O4S/c1-33-23-6-2-5-21(15-23)27(32)30(17-24-7-3-13-34-24)19-26(31)29(18-25-8-4-14-35-25)16-20-9-11-22(28)12-10-20/h2,4-6,8-12,14-15,24H,3,7,13,16-19H2,1H3/t24-/m0/s1. The van der Waals surface area contributed by atoms with Gasteiger partial charge in [0.2, 0.25) is 5.91 Å². The average Bonchev–Trinajstić information content (AvgIpc) is 3.58. The number of nitrogens with zero attached hydrogens (tertiary/aromatic N) is 2. The number of ether oxygens (including phenoxy) is 2. The number of rotatable bonds is 10. The number of benzene rings is 2. The number of thiophene rings is 1. The minimum Gasteiger partial charge on any atom is -0.497 e. The number of amides is 2. The molecule has 1 aromatic heterocycles. The average molecular weight is 497 g/mol. The zero-order valence-electron chi connectivity index (χ0n) is 19.7. The monoisotopic (exact) mass is 496 g/mol. The third-order valence-electron chi connectivity index (χ3n) is 5.94. The number of carbonyl (C=O) groups excluding carboxylic acids is 2. The van der Waals surface area contributed by atoms with Gasteiger partial charge in [0, 0.05) is 30.1 Å². The van der Waals surface area contributed by atoms with Crippen molar-refractivity contribution in [3.63, 3.8) is 0 Å². The zero-order chi connectivity index (χ0) is 24.6. The Labute approximate surface area is 208 Å². The molecule has 0 spiro atoms. The molecule has 0 bridgehead atoms. The van der Waals surface area contributed by atoms with Gasteiger partial charge < -0.3 is 19.3 Å². The van der Waals surface area contributed by atoms with Crippen LogP contribution in [0.5, 0.6) is 5.75 Å². The molecule has 8 heteroatoms. The number of halogens is 1. The van der Waals surface area contributed by atoms with Gasteiger partial charge in [-0.25, -0.2) is 4.39 Å². The van der Waals surface area contributed by atoms with Crippen molar-refractivity contribution in [2.45, 2.75) is 32.0 Å². The predicted molar refractivity (Wildman–Crippen MR) is 133 cm³/mol. The zero-order valence-corrected chi connectivity index (χ0v) is 20.5. The van der Waals surface area contributed by atoms with Crippen LogP contribution in [-0.2, 0) is 22.6 Å². The van der Waals surface area contributed by atoms with E-state index in [9.17, 15) is 14.0 Å². The second-order valence-electron chi connectivity index (χ2n) is 8.51. The summed E-state index contributed by atoms with van der Waals surface area (Å²) in [6, 6.07) is 17.0. The minimum atomic E-state index is -0.323. The number of hydrogen-bond donors (Lipinski definition) is 0. The maximum Gasteiger partial charge on any atom is 0.254 e. The molecule has 2 heterocycles. The third-order valence-corrected chi connectivity index (χ3v) is 6.81. The summed E-state index contributed by atoms with van der Waals surface area (Å²) in [6.07, 6.45) is 1.69. The van der Waals surface area contributed by atoms with Crippen LogP contribution in [-0.4, -0.2) is 54.5 Å². The number of methoxy groups -OCH3 is 1. The highest BCUT2D eigenvalue weighted by Gasteiger charge is 2.27. The molecule has 1 fully saturated rings. The maximum absolute atomic E-state index is 13.6. The summed E-state index contributed by atoms with van der Waals surface area (Å²) < 4.78 is 24.5. The van der Waals surface area contributed by atoms with E-state index in [0.29, 0.717) is 37.6 Å². The minimum absolute atomic E-state index is 0.0809. The first-order chi connectivity index (χ1) is 17.0. The Balaban J connectivity index is 1.55. The quantitative estimate of drug-likeness (QED) is 0.407. The van der Waals surface area contributed by atoms with Crippen molar-refractivity contribution in [1.82, 2.24) is 9.80 Å². The first kappa shape index (κ1) is 24.9. The summed E-state index contributed by atoms with van der Waals surface area (Å²) in [5, 5.41) is 1.96. The first-order valence-electron chi connectivity index (χ1n) is 11.6. The summed E-state index contributed by atoms with van der Waals surface area (Å²) in [6.45, 7) is 1.65. The molecule has 3 aromatic rings. The maximum atomic E-state index is 13.6. The highest BCUT2D eigenvalue weighted by Crippen LogP contribution is 2.20. The van der Waals surface area contributed by atoms with Crippen LogP contribution in [0.1, 0.15) is 33.6 Å². The van der Waals surface area contributed by atoms with E-state index in [2.05, 4.69) is 0 Å². The molecule has 2 aromatic carbocycles. The Morgan fingerprint density at radius 1 is 1.09 bits per heavy atom. The summed E-state index contributed by atoms with van der Waals surface area (Å²) in [5.41, 5.74) is 1.28. The van der Waals surface area contributed by atoms with Crippen molar-refractivity contribution in [1.29, 1.82) is 0 Å². The van der Waals surface area contributed by atoms with Crippen molar-refractivity contribution in [2.75, 3.05) is 26.8 Å². The lowest BCUT2D eigenvalue weighted by Crippen LogP contribution is -2.45. The molecular weight excluding hydrogens is 467 g/mol.